The van der Waals surface area contributed by atoms with E-state index in [2.05, 4.69) is 109 Å². The molecule has 0 aromatic heterocycles. The molecule has 0 aliphatic carbocycles. The van der Waals surface area contributed by atoms with E-state index in [1.165, 1.54) is 16.8 Å². The molecule has 0 aliphatic rings. The smallest absolute Gasteiger partial charge is 0.127 e. The van der Waals surface area contributed by atoms with Crippen LogP contribution in [-0.2, 0) is 0 Å². The van der Waals surface area contributed by atoms with Gasteiger partial charge >= 0.3 is 0 Å². The van der Waals surface area contributed by atoms with Gasteiger partial charge in [-0.05, 0) is 133 Å². The quantitative estimate of drug-likeness (QED) is 0.126. The zero-order chi connectivity index (χ0) is 32.4. The minimum Gasteiger partial charge on any atom is -0.457 e. The molecule has 6 aromatic carbocycles. The standard InChI is InChI=1S/C42H41N3O2/c1-31(32-14-22-38(23-15-32)46-39-24-16-34(43)17-25-39)42(33-9-4-2-5-10-33)13-8-30-45(36-11-6-3-7-12-36)37-20-28-41(29-21-37)47-40-26-18-35(44)19-27-40/h2-7,9-12,14-29,31,42H,8,13,30,43-44H2,1H3. The molecule has 0 saturated carbocycles. The van der Waals surface area contributed by atoms with E-state index < -0.39 is 0 Å². The fourth-order valence-corrected chi connectivity index (χ4v) is 6.00. The van der Waals surface area contributed by atoms with Crippen LogP contribution >= 0.6 is 0 Å². The summed E-state index contributed by atoms with van der Waals surface area (Å²) in [6, 6.07) is 53.2. The zero-order valence-electron chi connectivity index (χ0n) is 26.7. The average Bonchev–Trinajstić information content (AvgIpc) is 3.12. The Balaban J connectivity index is 1.16. The molecule has 0 fully saturated rings. The second kappa shape index (κ2) is 15.1. The zero-order valence-corrected chi connectivity index (χ0v) is 26.7. The van der Waals surface area contributed by atoms with Gasteiger partial charge in [0.1, 0.15) is 23.0 Å². The molecule has 0 bridgehead atoms. The molecule has 5 nitrogen and oxygen atoms in total. The fourth-order valence-electron chi connectivity index (χ4n) is 6.00. The molecule has 0 spiro atoms. The Hall–Kier alpha value is -5.68. The molecule has 4 N–H and O–H groups in total. The van der Waals surface area contributed by atoms with Gasteiger partial charge < -0.3 is 25.8 Å². The van der Waals surface area contributed by atoms with Crippen LogP contribution in [-0.4, -0.2) is 6.54 Å². The van der Waals surface area contributed by atoms with Crippen LogP contribution in [0.1, 0.15) is 42.7 Å². The number of nitrogen functional groups attached to an aromatic ring is 2. The van der Waals surface area contributed by atoms with Crippen molar-refractivity contribution in [2.45, 2.75) is 31.6 Å². The minimum atomic E-state index is 0.318. The van der Waals surface area contributed by atoms with Gasteiger partial charge in [0.15, 0.2) is 0 Å². The van der Waals surface area contributed by atoms with E-state index in [-0.39, 0.29) is 0 Å². The summed E-state index contributed by atoms with van der Waals surface area (Å²) in [4.78, 5) is 2.39. The maximum absolute atomic E-state index is 6.06. The summed E-state index contributed by atoms with van der Waals surface area (Å²) in [6.07, 6.45) is 2.05. The summed E-state index contributed by atoms with van der Waals surface area (Å²) in [5.41, 5.74) is 18.0. The molecule has 5 heteroatoms. The monoisotopic (exact) mass is 619 g/mol. The molecule has 0 aliphatic heterocycles. The lowest BCUT2D eigenvalue weighted by Gasteiger charge is -2.29. The summed E-state index contributed by atoms with van der Waals surface area (Å²) >= 11 is 0. The van der Waals surface area contributed by atoms with E-state index in [0.717, 1.165) is 53.8 Å². The van der Waals surface area contributed by atoms with Crippen molar-refractivity contribution >= 4 is 22.7 Å². The Morgan fingerprint density at radius 1 is 0.489 bits per heavy atom. The Labute approximate surface area is 278 Å². The highest BCUT2D eigenvalue weighted by Crippen LogP contribution is 2.38. The van der Waals surface area contributed by atoms with Crippen molar-refractivity contribution in [3.8, 4) is 23.0 Å². The lowest BCUT2D eigenvalue weighted by Crippen LogP contribution is -2.20. The molecule has 0 heterocycles. The summed E-state index contributed by atoms with van der Waals surface area (Å²) in [7, 11) is 0. The third kappa shape index (κ3) is 8.33. The number of nitrogens with zero attached hydrogens (tertiary/aromatic N) is 1. The van der Waals surface area contributed by atoms with Crippen LogP contribution in [0.25, 0.3) is 0 Å². The fraction of sp³-hybridized carbons (Fsp3) is 0.143. The first-order valence-corrected chi connectivity index (χ1v) is 16.2. The van der Waals surface area contributed by atoms with Crippen molar-refractivity contribution in [2.24, 2.45) is 0 Å². The number of ether oxygens (including phenoxy) is 2. The summed E-state index contributed by atoms with van der Waals surface area (Å²) in [6.45, 7) is 3.22. The largest absolute Gasteiger partial charge is 0.457 e. The maximum atomic E-state index is 6.06. The molecule has 2 atom stereocenters. The Morgan fingerprint density at radius 3 is 1.43 bits per heavy atom. The number of hydrogen-bond acceptors (Lipinski definition) is 5. The molecular formula is C42H41N3O2. The summed E-state index contributed by atoms with van der Waals surface area (Å²) in [5.74, 6) is 3.80. The molecule has 0 saturated heterocycles. The van der Waals surface area contributed by atoms with E-state index in [4.69, 9.17) is 20.9 Å². The van der Waals surface area contributed by atoms with Gasteiger partial charge in [0.05, 0.1) is 0 Å². The van der Waals surface area contributed by atoms with Gasteiger partial charge in [-0.2, -0.15) is 0 Å². The van der Waals surface area contributed by atoms with Crippen molar-refractivity contribution in [1.82, 2.24) is 0 Å². The third-order valence-corrected chi connectivity index (χ3v) is 8.58. The first-order valence-electron chi connectivity index (χ1n) is 16.2. The third-order valence-electron chi connectivity index (χ3n) is 8.58. The molecule has 6 rings (SSSR count). The van der Waals surface area contributed by atoms with Gasteiger partial charge in [-0.25, -0.2) is 0 Å². The lowest BCUT2D eigenvalue weighted by atomic mass is 9.80. The summed E-state index contributed by atoms with van der Waals surface area (Å²) in [5, 5.41) is 0. The summed E-state index contributed by atoms with van der Waals surface area (Å²) < 4.78 is 12.1. The topological polar surface area (TPSA) is 73.7 Å². The number of nitrogens with two attached hydrogens (primary N) is 2. The number of benzene rings is 6. The Kier molecular flexibility index (Phi) is 10.0. The van der Waals surface area contributed by atoms with Crippen LogP contribution in [0.5, 0.6) is 23.0 Å². The molecule has 2 unspecified atom stereocenters. The maximum Gasteiger partial charge on any atom is 0.127 e. The Morgan fingerprint density at radius 2 is 0.915 bits per heavy atom. The van der Waals surface area contributed by atoms with Gasteiger partial charge in [-0.15, -0.1) is 0 Å². The van der Waals surface area contributed by atoms with E-state index in [0.29, 0.717) is 17.5 Å². The van der Waals surface area contributed by atoms with Crippen molar-refractivity contribution < 1.29 is 9.47 Å². The second-order valence-electron chi connectivity index (χ2n) is 11.8. The highest BCUT2D eigenvalue weighted by molar-refractivity contribution is 5.64. The van der Waals surface area contributed by atoms with Crippen LogP contribution < -0.4 is 25.8 Å². The van der Waals surface area contributed by atoms with Crippen molar-refractivity contribution in [3.05, 3.63) is 169 Å². The minimum absolute atomic E-state index is 0.318. The normalized spacial score (nSPS) is 12.2. The second-order valence-corrected chi connectivity index (χ2v) is 11.8. The van der Waals surface area contributed by atoms with E-state index in [9.17, 15) is 0 Å². The molecule has 236 valence electrons. The first-order chi connectivity index (χ1) is 23.0. The number of para-hydroxylation sites is 1. The molecule has 47 heavy (non-hydrogen) atoms. The van der Waals surface area contributed by atoms with Gasteiger partial charge in [-0.3, -0.25) is 0 Å². The van der Waals surface area contributed by atoms with Gasteiger partial charge in [0.25, 0.3) is 0 Å². The molecule has 6 aromatic rings. The van der Waals surface area contributed by atoms with Crippen LogP contribution in [0, 0.1) is 0 Å². The number of hydrogen-bond donors (Lipinski definition) is 2. The van der Waals surface area contributed by atoms with Crippen molar-refractivity contribution in [2.75, 3.05) is 22.9 Å². The number of anilines is 4. The molecular weight excluding hydrogens is 578 g/mol. The van der Waals surface area contributed by atoms with Gasteiger partial charge in [0, 0.05) is 29.3 Å². The lowest BCUT2D eigenvalue weighted by molar-refractivity contribution is 0.481. The van der Waals surface area contributed by atoms with Crippen LogP contribution in [0.2, 0.25) is 0 Å². The predicted molar refractivity (Wildman–Crippen MR) is 195 cm³/mol. The van der Waals surface area contributed by atoms with E-state index in [1.807, 2.05) is 60.7 Å². The van der Waals surface area contributed by atoms with Crippen LogP contribution in [0.3, 0.4) is 0 Å². The Bertz CT molecular complexity index is 1810. The van der Waals surface area contributed by atoms with Crippen LogP contribution in [0.4, 0.5) is 22.7 Å². The van der Waals surface area contributed by atoms with E-state index in [1.54, 1.807) is 0 Å². The average molecular weight is 620 g/mol. The highest BCUT2D eigenvalue weighted by Gasteiger charge is 2.22. The van der Waals surface area contributed by atoms with E-state index >= 15 is 0 Å². The number of rotatable bonds is 13. The van der Waals surface area contributed by atoms with Gasteiger partial charge in [-0.1, -0.05) is 67.6 Å². The van der Waals surface area contributed by atoms with Crippen molar-refractivity contribution in [1.29, 1.82) is 0 Å². The first kappa shape index (κ1) is 31.3. The van der Waals surface area contributed by atoms with Gasteiger partial charge in [0.2, 0.25) is 0 Å². The molecule has 0 amide bonds. The SMILES string of the molecule is CC(c1ccc(Oc2ccc(N)cc2)cc1)C(CCCN(c1ccccc1)c1ccc(Oc2ccc(N)cc2)cc1)c1ccccc1. The predicted octanol–water partition coefficient (Wildman–Crippen LogP) is 10.9. The van der Waals surface area contributed by atoms with Crippen molar-refractivity contribution in [3.63, 3.8) is 0 Å². The van der Waals surface area contributed by atoms with Crippen LogP contribution in [0.15, 0.2) is 158 Å². The highest BCUT2D eigenvalue weighted by atomic mass is 16.5. The molecule has 0 radical (unpaired) electrons.